The van der Waals surface area contributed by atoms with Gasteiger partial charge in [-0.05, 0) is 13.0 Å². The molecule has 0 amide bonds. The van der Waals surface area contributed by atoms with Crippen molar-refractivity contribution in [3.05, 3.63) is 18.3 Å². The maximum atomic E-state index is 10.3. The first kappa shape index (κ1) is 8.45. The predicted octanol–water partition coefficient (Wildman–Crippen LogP) is 0.328. The van der Waals surface area contributed by atoms with Gasteiger partial charge < -0.3 is 9.84 Å². The van der Waals surface area contributed by atoms with Crippen molar-refractivity contribution in [3.63, 3.8) is 0 Å². The van der Waals surface area contributed by atoms with Crippen molar-refractivity contribution < 1.29 is 14.6 Å². The van der Waals surface area contributed by atoms with Crippen LogP contribution in [0.3, 0.4) is 0 Å². The highest BCUT2D eigenvalue weighted by Crippen LogP contribution is 2.04. The standard InChI is InChI=1S/C7H8N2O3/c1-5(7(10)11)12-6-3-2-4-8-9-6/h2-5H,1H3,(H,10,11)/t5-/m1/s1. The Balaban J connectivity index is 2.58. The van der Waals surface area contributed by atoms with E-state index in [1.165, 1.54) is 13.1 Å². The van der Waals surface area contributed by atoms with E-state index in [0.29, 0.717) is 0 Å². The number of nitrogens with zero attached hydrogens (tertiary/aromatic N) is 2. The summed E-state index contributed by atoms with van der Waals surface area (Å²) in [6.45, 7) is 1.43. The zero-order valence-corrected chi connectivity index (χ0v) is 6.47. The summed E-state index contributed by atoms with van der Waals surface area (Å²) in [6.07, 6.45) is 0.583. The third-order valence-corrected chi connectivity index (χ3v) is 1.19. The average Bonchev–Trinajstić information content (AvgIpc) is 2.06. The number of ether oxygens (including phenoxy) is 1. The lowest BCUT2D eigenvalue weighted by Gasteiger charge is -2.07. The van der Waals surface area contributed by atoms with E-state index in [2.05, 4.69) is 10.2 Å². The molecule has 0 bridgehead atoms. The van der Waals surface area contributed by atoms with Gasteiger partial charge in [-0.1, -0.05) is 0 Å². The zero-order valence-electron chi connectivity index (χ0n) is 6.47. The largest absolute Gasteiger partial charge is 0.479 e. The Kier molecular flexibility index (Phi) is 2.57. The van der Waals surface area contributed by atoms with Gasteiger partial charge in [0.25, 0.3) is 0 Å². The normalized spacial score (nSPS) is 12.1. The summed E-state index contributed by atoms with van der Waals surface area (Å²) < 4.78 is 4.90. The third kappa shape index (κ3) is 2.19. The van der Waals surface area contributed by atoms with E-state index in [-0.39, 0.29) is 5.88 Å². The molecule has 0 radical (unpaired) electrons. The van der Waals surface area contributed by atoms with E-state index < -0.39 is 12.1 Å². The second-order valence-electron chi connectivity index (χ2n) is 2.16. The van der Waals surface area contributed by atoms with Crippen LogP contribution in [-0.4, -0.2) is 27.4 Å². The van der Waals surface area contributed by atoms with E-state index in [1.807, 2.05) is 0 Å². The molecule has 1 rings (SSSR count). The maximum absolute atomic E-state index is 10.3. The lowest BCUT2D eigenvalue weighted by atomic mass is 10.4. The highest BCUT2D eigenvalue weighted by molar-refractivity contribution is 5.72. The van der Waals surface area contributed by atoms with Gasteiger partial charge in [0.05, 0.1) is 0 Å². The van der Waals surface area contributed by atoms with Crippen LogP contribution in [0.1, 0.15) is 6.92 Å². The topological polar surface area (TPSA) is 72.3 Å². The molecular weight excluding hydrogens is 160 g/mol. The molecule has 1 N–H and O–H groups in total. The van der Waals surface area contributed by atoms with Gasteiger partial charge in [0, 0.05) is 12.3 Å². The maximum Gasteiger partial charge on any atom is 0.344 e. The van der Waals surface area contributed by atoms with E-state index in [1.54, 1.807) is 12.1 Å². The van der Waals surface area contributed by atoms with Crippen molar-refractivity contribution in [1.29, 1.82) is 0 Å². The number of carboxylic acids is 1. The van der Waals surface area contributed by atoms with Crippen LogP contribution in [0.4, 0.5) is 0 Å². The van der Waals surface area contributed by atoms with E-state index in [9.17, 15) is 4.79 Å². The molecule has 0 aromatic carbocycles. The smallest absolute Gasteiger partial charge is 0.344 e. The highest BCUT2D eigenvalue weighted by Gasteiger charge is 2.12. The molecule has 0 spiro atoms. The second-order valence-corrected chi connectivity index (χ2v) is 2.16. The van der Waals surface area contributed by atoms with Crippen molar-refractivity contribution in [2.45, 2.75) is 13.0 Å². The molecule has 0 unspecified atom stereocenters. The van der Waals surface area contributed by atoms with E-state index in [4.69, 9.17) is 9.84 Å². The van der Waals surface area contributed by atoms with Crippen molar-refractivity contribution in [2.24, 2.45) is 0 Å². The molecule has 0 aliphatic heterocycles. The second kappa shape index (κ2) is 3.66. The van der Waals surface area contributed by atoms with E-state index >= 15 is 0 Å². The first-order valence-electron chi connectivity index (χ1n) is 3.37. The van der Waals surface area contributed by atoms with Crippen molar-refractivity contribution in [1.82, 2.24) is 10.2 Å². The number of hydrogen-bond donors (Lipinski definition) is 1. The number of hydrogen-bond acceptors (Lipinski definition) is 4. The molecule has 0 saturated heterocycles. The number of aromatic nitrogens is 2. The summed E-state index contributed by atoms with van der Waals surface area (Å²) in [5.41, 5.74) is 0. The molecule has 12 heavy (non-hydrogen) atoms. The minimum absolute atomic E-state index is 0.215. The molecule has 0 saturated carbocycles. The predicted molar refractivity (Wildman–Crippen MR) is 39.8 cm³/mol. The summed E-state index contributed by atoms with van der Waals surface area (Å²) in [4.78, 5) is 10.3. The monoisotopic (exact) mass is 168 g/mol. The van der Waals surface area contributed by atoms with Gasteiger partial charge in [0.2, 0.25) is 5.88 Å². The molecule has 64 valence electrons. The molecular formula is C7H8N2O3. The van der Waals surface area contributed by atoms with Gasteiger partial charge in [0.15, 0.2) is 6.10 Å². The van der Waals surface area contributed by atoms with Crippen LogP contribution < -0.4 is 4.74 Å². The molecule has 1 aromatic rings. The fourth-order valence-corrected chi connectivity index (χ4v) is 0.582. The van der Waals surface area contributed by atoms with Crippen LogP contribution in [0, 0.1) is 0 Å². The molecule has 5 heteroatoms. The first-order valence-corrected chi connectivity index (χ1v) is 3.37. The Bertz CT molecular complexity index is 263. The lowest BCUT2D eigenvalue weighted by molar-refractivity contribution is -0.144. The zero-order chi connectivity index (χ0) is 8.97. The summed E-state index contributed by atoms with van der Waals surface area (Å²) in [6, 6.07) is 3.17. The molecule has 1 aromatic heterocycles. The fourth-order valence-electron chi connectivity index (χ4n) is 0.582. The van der Waals surface area contributed by atoms with Gasteiger partial charge in [-0.15, -0.1) is 5.10 Å². The Morgan fingerprint density at radius 3 is 3.00 bits per heavy atom. The van der Waals surface area contributed by atoms with Crippen molar-refractivity contribution in [3.8, 4) is 5.88 Å². The van der Waals surface area contributed by atoms with Gasteiger partial charge in [-0.25, -0.2) is 4.79 Å². The Labute approximate surface area is 69.0 Å². The van der Waals surface area contributed by atoms with Gasteiger partial charge in [-0.2, -0.15) is 5.10 Å². The van der Waals surface area contributed by atoms with Crippen LogP contribution in [0.25, 0.3) is 0 Å². The SMILES string of the molecule is C[C@@H](Oc1cccnn1)C(=O)O. The molecule has 1 atom stereocenters. The first-order chi connectivity index (χ1) is 5.70. The summed E-state index contributed by atoms with van der Waals surface area (Å²) in [7, 11) is 0. The number of aliphatic carboxylic acids is 1. The number of carboxylic acid groups (broad SMARTS) is 1. The van der Waals surface area contributed by atoms with Crippen molar-refractivity contribution >= 4 is 5.97 Å². The average molecular weight is 168 g/mol. The fraction of sp³-hybridized carbons (Fsp3) is 0.286. The van der Waals surface area contributed by atoms with Crippen LogP contribution in [-0.2, 0) is 4.79 Å². The molecule has 1 heterocycles. The molecule has 5 nitrogen and oxygen atoms in total. The van der Waals surface area contributed by atoms with Crippen LogP contribution in [0.2, 0.25) is 0 Å². The Morgan fingerprint density at radius 1 is 1.75 bits per heavy atom. The number of carbonyl (C=O) groups is 1. The van der Waals surface area contributed by atoms with Crippen LogP contribution >= 0.6 is 0 Å². The van der Waals surface area contributed by atoms with Gasteiger partial charge >= 0.3 is 5.97 Å². The minimum Gasteiger partial charge on any atom is -0.479 e. The summed E-state index contributed by atoms with van der Waals surface area (Å²) in [5, 5.41) is 15.6. The van der Waals surface area contributed by atoms with Crippen LogP contribution in [0.5, 0.6) is 5.88 Å². The summed E-state index contributed by atoms with van der Waals surface area (Å²) >= 11 is 0. The van der Waals surface area contributed by atoms with Gasteiger partial charge in [0.1, 0.15) is 0 Å². The Hall–Kier alpha value is -1.65. The summed E-state index contributed by atoms with van der Waals surface area (Å²) in [5.74, 6) is -0.812. The third-order valence-electron chi connectivity index (χ3n) is 1.19. The minimum atomic E-state index is -1.03. The lowest BCUT2D eigenvalue weighted by Crippen LogP contribution is -2.23. The number of rotatable bonds is 3. The molecule has 0 fully saturated rings. The molecule has 0 aliphatic carbocycles. The quantitative estimate of drug-likeness (QED) is 0.704. The van der Waals surface area contributed by atoms with Crippen molar-refractivity contribution in [2.75, 3.05) is 0 Å². The van der Waals surface area contributed by atoms with Crippen LogP contribution in [0.15, 0.2) is 18.3 Å². The molecule has 0 aliphatic rings. The highest BCUT2D eigenvalue weighted by atomic mass is 16.5. The van der Waals surface area contributed by atoms with Gasteiger partial charge in [-0.3, -0.25) is 0 Å². The van der Waals surface area contributed by atoms with E-state index in [0.717, 1.165) is 0 Å². The Morgan fingerprint density at radius 2 is 2.50 bits per heavy atom.